The van der Waals surface area contributed by atoms with Crippen LogP contribution in [0, 0.1) is 0 Å². The molecule has 0 saturated heterocycles. The van der Waals surface area contributed by atoms with Gasteiger partial charge in [0.05, 0.1) is 6.10 Å². The number of anilines is 1. The molecule has 1 aromatic rings. The van der Waals surface area contributed by atoms with Gasteiger partial charge in [-0.1, -0.05) is 11.6 Å². The third kappa shape index (κ3) is 4.00. The predicted molar refractivity (Wildman–Crippen MR) is 68.6 cm³/mol. The molecule has 0 amide bonds. The molecule has 4 N–H and O–H groups in total. The molecule has 1 atom stereocenters. The van der Waals surface area contributed by atoms with Crippen LogP contribution < -0.4 is 11.1 Å². The van der Waals surface area contributed by atoms with Gasteiger partial charge in [0, 0.05) is 28.4 Å². The summed E-state index contributed by atoms with van der Waals surface area (Å²) in [6, 6.07) is 5.12. The minimum Gasteiger partial charge on any atom is -0.399 e. The average molecular weight is 243 g/mol. The Morgan fingerprint density at radius 2 is 2.06 bits per heavy atom. The summed E-state index contributed by atoms with van der Waals surface area (Å²) < 4.78 is 0. The summed E-state index contributed by atoms with van der Waals surface area (Å²) in [5, 5.41) is 13.7. The van der Waals surface area contributed by atoms with E-state index in [2.05, 4.69) is 5.32 Å². The Balaban J connectivity index is 2.73. The van der Waals surface area contributed by atoms with Crippen LogP contribution in [-0.4, -0.2) is 17.2 Å². The zero-order valence-corrected chi connectivity index (χ0v) is 10.7. The van der Waals surface area contributed by atoms with E-state index in [0.29, 0.717) is 22.8 Å². The molecule has 0 bridgehead atoms. The van der Waals surface area contributed by atoms with Gasteiger partial charge in [-0.05, 0) is 39.0 Å². The molecule has 0 heterocycles. The molecule has 3 nitrogen and oxygen atoms in total. The molecule has 0 aliphatic carbocycles. The summed E-state index contributed by atoms with van der Waals surface area (Å²) in [5.74, 6) is 0. The first-order valence-electron chi connectivity index (χ1n) is 5.27. The van der Waals surface area contributed by atoms with Crippen LogP contribution in [0.4, 0.5) is 5.69 Å². The molecule has 1 unspecified atom stereocenters. The van der Waals surface area contributed by atoms with Crippen molar-refractivity contribution in [3.8, 4) is 0 Å². The van der Waals surface area contributed by atoms with Crippen molar-refractivity contribution in [2.45, 2.75) is 32.4 Å². The third-order valence-electron chi connectivity index (χ3n) is 2.20. The Morgan fingerprint density at radius 3 is 2.62 bits per heavy atom. The highest BCUT2D eigenvalue weighted by molar-refractivity contribution is 6.31. The molecule has 0 saturated carbocycles. The van der Waals surface area contributed by atoms with Crippen molar-refractivity contribution in [3.05, 3.63) is 28.8 Å². The molecular formula is C12H19ClN2O. The minimum atomic E-state index is -0.643. The van der Waals surface area contributed by atoms with Gasteiger partial charge in [0.15, 0.2) is 0 Å². The van der Waals surface area contributed by atoms with Crippen molar-refractivity contribution < 1.29 is 5.11 Å². The van der Waals surface area contributed by atoms with Crippen LogP contribution >= 0.6 is 11.6 Å². The van der Waals surface area contributed by atoms with Gasteiger partial charge in [0.1, 0.15) is 0 Å². The van der Waals surface area contributed by atoms with Gasteiger partial charge >= 0.3 is 0 Å². The lowest BCUT2D eigenvalue weighted by atomic mass is 10.1. The van der Waals surface area contributed by atoms with Gasteiger partial charge in [0.25, 0.3) is 0 Å². The first kappa shape index (κ1) is 13.3. The maximum Gasteiger partial charge on any atom is 0.0929 e. The van der Waals surface area contributed by atoms with E-state index in [4.69, 9.17) is 17.3 Å². The SMILES string of the molecule is CC(C)(C)NCC(O)c1cc(N)ccc1Cl. The van der Waals surface area contributed by atoms with Crippen LogP contribution in [0.2, 0.25) is 5.02 Å². The Kier molecular flexibility index (Phi) is 4.19. The number of β-amino-alcohol motifs (C(OH)–C–C–N with tert-alkyl or cyclic N) is 1. The highest BCUT2D eigenvalue weighted by Crippen LogP contribution is 2.25. The molecule has 0 aromatic heterocycles. The molecule has 0 radical (unpaired) electrons. The van der Waals surface area contributed by atoms with Gasteiger partial charge in [-0.15, -0.1) is 0 Å². The molecule has 90 valence electrons. The number of nitrogens with one attached hydrogen (secondary N) is 1. The molecule has 1 rings (SSSR count). The van der Waals surface area contributed by atoms with Crippen molar-refractivity contribution in [1.29, 1.82) is 0 Å². The van der Waals surface area contributed by atoms with Crippen molar-refractivity contribution in [2.24, 2.45) is 0 Å². The Morgan fingerprint density at radius 1 is 1.44 bits per heavy atom. The monoisotopic (exact) mass is 242 g/mol. The van der Waals surface area contributed by atoms with E-state index < -0.39 is 6.10 Å². The summed E-state index contributed by atoms with van der Waals surface area (Å²) in [5.41, 5.74) is 6.89. The minimum absolute atomic E-state index is 0.0339. The second-order valence-electron chi connectivity index (χ2n) is 4.93. The standard InChI is InChI=1S/C12H19ClN2O/c1-12(2,3)15-7-11(16)9-6-8(14)4-5-10(9)13/h4-6,11,15-16H,7,14H2,1-3H3. The Labute approximate surface area is 102 Å². The molecule has 1 aromatic carbocycles. The molecular weight excluding hydrogens is 224 g/mol. The van der Waals surface area contributed by atoms with E-state index in [-0.39, 0.29) is 5.54 Å². The molecule has 16 heavy (non-hydrogen) atoms. The van der Waals surface area contributed by atoms with E-state index >= 15 is 0 Å². The maximum absolute atomic E-state index is 9.99. The van der Waals surface area contributed by atoms with E-state index in [1.54, 1.807) is 18.2 Å². The molecule has 4 heteroatoms. The number of halogens is 1. The lowest BCUT2D eigenvalue weighted by Crippen LogP contribution is -2.38. The lowest BCUT2D eigenvalue weighted by Gasteiger charge is -2.23. The van der Waals surface area contributed by atoms with Crippen LogP contribution in [-0.2, 0) is 0 Å². The fourth-order valence-corrected chi connectivity index (χ4v) is 1.57. The topological polar surface area (TPSA) is 58.3 Å². The largest absolute Gasteiger partial charge is 0.399 e. The number of hydrogen-bond acceptors (Lipinski definition) is 3. The van der Waals surface area contributed by atoms with Crippen molar-refractivity contribution in [3.63, 3.8) is 0 Å². The van der Waals surface area contributed by atoms with Crippen LogP contribution in [0.5, 0.6) is 0 Å². The molecule has 0 aliphatic heterocycles. The Bertz CT molecular complexity index is 361. The number of hydrogen-bond donors (Lipinski definition) is 3. The highest BCUT2D eigenvalue weighted by atomic mass is 35.5. The fourth-order valence-electron chi connectivity index (χ4n) is 1.33. The van der Waals surface area contributed by atoms with Crippen LogP contribution in [0.25, 0.3) is 0 Å². The molecule has 0 spiro atoms. The summed E-state index contributed by atoms with van der Waals surface area (Å²) >= 11 is 6.00. The lowest BCUT2D eigenvalue weighted by molar-refractivity contribution is 0.163. The Hall–Kier alpha value is -0.770. The van der Waals surface area contributed by atoms with Crippen LogP contribution in [0.15, 0.2) is 18.2 Å². The molecule has 0 aliphatic rings. The number of rotatable bonds is 3. The number of nitrogen functional groups attached to an aromatic ring is 1. The summed E-state index contributed by atoms with van der Waals surface area (Å²) in [4.78, 5) is 0. The average Bonchev–Trinajstić information content (AvgIpc) is 2.17. The van der Waals surface area contributed by atoms with Gasteiger partial charge in [-0.2, -0.15) is 0 Å². The van der Waals surface area contributed by atoms with Crippen molar-refractivity contribution >= 4 is 17.3 Å². The van der Waals surface area contributed by atoms with E-state index in [9.17, 15) is 5.11 Å². The highest BCUT2D eigenvalue weighted by Gasteiger charge is 2.15. The zero-order valence-electron chi connectivity index (χ0n) is 9.92. The van der Waals surface area contributed by atoms with E-state index in [1.807, 2.05) is 20.8 Å². The van der Waals surface area contributed by atoms with Crippen LogP contribution in [0.3, 0.4) is 0 Å². The number of benzene rings is 1. The first-order valence-corrected chi connectivity index (χ1v) is 5.65. The normalized spacial score (nSPS) is 13.8. The fraction of sp³-hybridized carbons (Fsp3) is 0.500. The maximum atomic E-state index is 9.99. The summed E-state index contributed by atoms with van der Waals surface area (Å²) in [6.45, 7) is 6.58. The number of aliphatic hydroxyl groups is 1. The second kappa shape index (κ2) is 5.04. The van der Waals surface area contributed by atoms with Crippen LogP contribution in [0.1, 0.15) is 32.4 Å². The summed E-state index contributed by atoms with van der Waals surface area (Å²) in [6.07, 6.45) is -0.643. The quantitative estimate of drug-likeness (QED) is 0.713. The van der Waals surface area contributed by atoms with Gasteiger partial charge in [-0.25, -0.2) is 0 Å². The number of aliphatic hydroxyl groups excluding tert-OH is 1. The zero-order chi connectivity index (χ0) is 12.3. The smallest absolute Gasteiger partial charge is 0.0929 e. The van der Waals surface area contributed by atoms with E-state index in [1.165, 1.54) is 0 Å². The third-order valence-corrected chi connectivity index (χ3v) is 2.55. The van der Waals surface area contributed by atoms with Gasteiger partial charge in [0.2, 0.25) is 0 Å². The van der Waals surface area contributed by atoms with Gasteiger partial charge < -0.3 is 16.2 Å². The first-order chi connectivity index (χ1) is 7.29. The molecule has 0 fully saturated rings. The van der Waals surface area contributed by atoms with E-state index in [0.717, 1.165) is 0 Å². The van der Waals surface area contributed by atoms with Crippen molar-refractivity contribution in [1.82, 2.24) is 5.32 Å². The van der Waals surface area contributed by atoms with Crippen molar-refractivity contribution in [2.75, 3.05) is 12.3 Å². The predicted octanol–water partition coefficient (Wildman–Crippen LogP) is 2.34. The van der Waals surface area contributed by atoms with Gasteiger partial charge in [-0.3, -0.25) is 0 Å². The second-order valence-corrected chi connectivity index (χ2v) is 5.33. The number of nitrogens with two attached hydrogens (primary N) is 1. The summed E-state index contributed by atoms with van der Waals surface area (Å²) in [7, 11) is 0.